The van der Waals surface area contributed by atoms with Gasteiger partial charge in [-0.15, -0.1) is 0 Å². The van der Waals surface area contributed by atoms with Gasteiger partial charge in [0.05, 0.1) is 19.5 Å². The van der Waals surface area contributed by atoms with E-state index >= 15 is 0 Å². The molecule has 1 amide bonds. The Hall–Kier alpha value is -2.74. The third-order valence-electron chi connectivity index (χ3n) is 2.65. The number of nitrogens with zero attached hydrogens (tertiary/aromatic N) is 3. The first-order valence-electron chi connectivity index (χ1n) is 6.37. The number of aromatic nitrogens is 2. The van der Waals surface area contributed by atoms with Crippen molar-refractivity contribution in [2.75, 3.05) is 19.5 Å². The first kappa shape index (κ1) is 15.6. The molecule has 0 aliphatic rings. The lowest BCUT2D eigenvalue weighted by Gasteiger charge is -2.21. The Morgan fingerprint density at radius 3 is 2.68 bits per heavy atom. The summed E-state index contributed by atoms with van der Waals surface area (Å²) in [5.41, 5.74) is 3.56. The first-order valence-corrected chi connectivity index (χ1v) is 6.77. The van der Waals surface area contributed by atoms with E-state index in [1.165, 1.54) is 24.5 Å². The minimum absolute atomic E-state index is 0.133. The lowest BCUT2D eigenvalue weighted by Crippen LogP contribution is -2.45. The summed E-state index contributed by atoms with van der Waals surface area (Å²) in [5.74, 6) is -0.175. The lowest BCUT2D eigenvalue weighted by molar-refractivity contribution is 0.0882. The number of nitrogens with one attached hydrogen (secondary N) is 2. The van der Waals surface area contributed by atoms with Crippen molar-refractivity contribution in [3.05, 3.63) is 48.4 Å². The number of para-hydroxylation sites is 1. The molecule has 2 aromatic rings. The van der Waals surface area contributed by atoms with Gasteiger partial charge in [-0.2, -0.15) is 0 Å². The summed E-state index contributed by atoms with van der Waals surface area (Å²) < 4.78 is 4.93. The van der Waals surface area contributed by atoms with Gasteiger partial charge in [-0.1, -0.05) is 18.2 Å². The number of ether oxygens (including phenoxy) is 1. The Balaban J connectivity index is 1.97. The number of anilines is 1. The van der Waals surface area contributed by atoms with Gasteiger partial charge in [0.15, 0.2) is 10.8 Å². The van der Waals surface area contributed by atoms with Gasteiger partial charge in [0.2, 0.25) is 5.88 Å². The van der Waals surface area contributed by atoms with Crippen LogP contribution in [0.5, 0.6) is 5.88 Å². The maximum absolute atomic E-state index is 12.1. The molecule has 114 valence electrons. The van der Waals surface area contributed by atoms with Gasteiger partial charge in [0.25, 0.3) is 5.91 Å². The van der Waals surface area contributed by atoms with Gasteiger partial charge in [0, 0.05) is 12.7 Å². The molecule has 0 fully saturated rings. The minimum Gasteiger partial charge on any atom is -0.480 e. The zero-order chi connectivity index (χ0) is 15.9. The molecular weight excluding hydrogens is 302 g/mol. The van der Waals surface area contributed by atoms with Crippen molar-refractivity contribution in [2.45, 2.75) is 0 Å². The molecule has 0 aliphatic heterocycles. The Morgan fingerprint density at radius 2 is 2.00 bits per heavy atom. The van der Waals surface area contributed by atoms with Crippen LogP contribution < -0.4 is 15.5 Å². The topological polar surface area (TPSA) is 79.4 Å². The second kappa shape index (κ2) is 7.32. The molecule has 1 heterocycles. The van der Waals surface area contributed by atoms with Gasteiger partial charge in [-0.25, -0.2) is 4.98 Å². The Labute approximate surface area is 133 Å². The van der Waals surface area contributed by atoms with Crippen LogP contribution in [0.25, 0.3) is 0 Å². The van der Waals surface area contributed by atoms with Crippen LogP contribution in [0, 0.1) is 0 Å². The van der Waals surface area contributed by atoms with Gasteiger partial charge < -0.3 is 10.1 Å². The third-order valence-corrected chi connectivity index (χ3v) is 3.03. The number of hydrogen-bond donors (Lipinski definition) is 2. The summed E-state index contributed by atoms with van der Waals surface area (Å²) >= 11 is 5.22. The number of hydrazine groups is 1. The molecule has 0 saturated carbocycles. The van der Waals surface area contributed by atoms with Crippen molar-refractivity contribution < 1.29 is 9.53 Å². The molecule has 1 aromatic heterocycles. The fourth-order valence-electron chi connectivity index (χ4n) is 1.55. The maximum atomic E-state index is 12.1. The normalized spacial score (nSPS) is 9.73. The summed E-state index contributed by atoms with van der Waals surface area (Å²) in [7, 11) is 3.08. The number of thiocarbonyl (C=S) groups is 1. The summed E-state index contributed by atoms with van der Waals surface area (Å²) in [6.07, 6.45) is 2.77. The van der Waals surface area contributed by atoms with E-state index in [1.807, 2.05) is 30.3 Å². The largest absolute Gasteiger partial charge is 0.480 e. The third kappa shape index (κ3) is 4.13. The molecular formula is C14H15N5O2S. The van der Waals surface area contributed by atoms with E-state index in [0.717, 1.165) is 5.69 Å². The van der Waals surface area contributed by atoms with Gasteiger partial charge in [-0.3, -0.25) is 20.2 Å². The van der Waals surface area contributed by atoms with Crippen LogP contribution in [0.3, 0.4) is 0 Å². The van der Waals surface area contributed by atoms with Crippen LogP contribution in [0.1, 0.15) is 10.5 Å². The summed E-state index contributed by atoms with van der Waals surface area (Å²) in [4.78, 5) is 20.0. The van der Waals surface area contributed by atoms with Gasteiger partial charge >= 0.3 is 0 Å². The van der Waals surface area contributed by atoms with E-state index in [1.54, 1.807) is 7.05 Å². The molecule has 0 atom stereocenters. The second-order valence-electron chi connectivity index (χ2n) is 4.24. The van der Waals surface area contributed by atoms with Crippen molar-refractivity contribution in [3.63, 3.8) is 0 Å². The molecule has 0 bridgehead atoms. The molecule has 2 N–H and O–H groups in total. The highest BCUT2D eigenvalue weighted by Crippen LogP contribution is 2.06. The molecule has 2 rings (SSSR count). The predicted octanol–water partition coefficient (Wildman–Crippen LogP) is 1.46. The van der Waals surface area contributed by atoms with Gasteiger partial charge in [0.1, 0.15) is 0 Å². The zero-order valence-electron chi connectivity index (χ0n) is 12.1. The van der Waals surface area contributed by atoms with Crippen LogP contribution in [0.15, 0.2) is 42.7 Å². The molecule has 7 nitrogen and oxygen atoms in total. The quantitative estimate of drug-likeness (QED) is 0.655. The molecule has 0 saturated heterocycles. The van der Waals surface area contributed by atoms with Crippen LogP contribution in [-0.2, 0) is 0 Å². The Kier molecular flexibility index (Phi) is 5.21. The van der Waals surface area contributed by atoms with Gasteiger partial charge in [-0.05, 0) is 24.4 Å². The van der Waals surface area contributed by atoms with Crippen LogP contribution in [-0.4, -0.2) is 40.2 Å². The SMILES string of the molecule is COc1cncc(C(=O)NN(C)C(=S)Nc2ccccc2)n1. The summed E-state index contributed by atoms with van der Waals surface area (Å²) in [5, 5.41) is 4.74. The maximum Gasteiger partial charge on any atom is 0.290 e. The van der Waals surface area contributed by atoms with E-state index in [9.17, 15) is 4.79 Å². The Morgan fingerprint density at radius 1 is 1.27 bits per heavy atom. The van der Waals surface area contributed by atoms with Crippen molar-refractivity contribution in [1.29, 1.82) is 0 Å². The van der Waals surface area contributed by atoms with Crippen molar-refractivity contribution >= 4 is 28.9 Å². The molecule has 0 spiro atoms. The molecule has 0 unspecified atom stereocenters. The molecule has 0 aliphatic carbocycles. The number of amides is 1. The number of methoxy groups -OCH3 is 1. The predicted molar refractivity (Wildman–Crippen MR) is 86.5 cm³/mol. The molecule has 8 heteroatoms. The number of carbonyl (C=O) groups excluding carboxylic acids is 1. The second-order valence-corrected chi connectivity index (χ2v) is 4.63. The van der Waals surface area contributed by atoms with Crippen molar-refractivity contribution in [1.82, 2.24) is 20.4 Å². The monoisotopic (exact) mass is 317 g/mol. The van der Waals surface area contributed by atoms with E-state index in [0.29, 0.717) is 5.11 Å². The molecule has 22 heavy (non-hydrogen) atoms. The first-order chi connectivity index (χ1) is 10.6. The summed E-state index contributed by atoms with van der Waals surface area (Å²) in [6, 6.07) is 9.41. The molecule has 0 radical (unpaired) electrons. The standard InChI is InChI=1S/C14H15N5O2S/c1-19(14(22)16-10-6-4-3-5-7-10)18-13(20)11-8-15-9-12(17-11)21-2/h3-9H,1-2H3,(H,16,22)(H,18,20). The highest BCUT2D eigenvalue weighted by molar-refractivity contribution is 7.80. The average Bonchev–Trinajstić information content (AvgIpc) is 2.55. The van der Waals surface area contributed by atoms with Crippen molar-refractivity contribution in [2.24, 2.45) is 0 Å². The Bertz CT molecular complexity index is 665. The van der Waals surface area contributed by atoms with Crippen LogP contribution >= 0.6 is 12.2 Å². The number of benzene rings is 1. The molecule has 1 aromatic carbocycles. The number of rotatable bonds is 3. The van der Waals surface area contributed by atoms with Crippen LogP contribution in [0.4, 0.5) is 5.69 Å². The number of hydrogen-bond acceptors (Lipinski definition) is 5. The minimum atomic E-state index is -0.439. The van der Waals surface area contributed by atoms with Crippen molar-refractivity contribution in [3.8, 4) is 5.88 Å². The van der Waals surface area contributed by atoms with Crippen LogP contribution in [0.2, 0.25) is 0 Å². The van der Waals surface area contributed by atoms with E-state index < -0.39 is 5.91 Å². The summed E-state index contributed by atoms with van der Waals surface area (Å²) in [6.45, 7) is 0. The average molecular weight is 317 g/mol. The van der Waals surface area contributed by atoms with E-state index in [4.69, 9.17) is 17.0 Å². The van der Waals surface area contributed by atoms with E-state index in [-0.39, 0.29) is 11.6 Å². The highest BCUT2D eigenvalue weighted by Gasteiger charge is 2.13. The zero-order valence-corrected chi connectivity index (χ0v) is 12.9. The fourth-order valence-corrected chi connectivity index (χ4v) is 1.71. The smallest absolute Gasteiger partial charge is 0.290 e. The lowest BCUT2D eigenvalue weighted by atomic mass is 10.3. The van der Waals surface area contributed by atoms with E-state index in [2.05, 4.69) is 20.7 Å². The highest BCUT2D eigenvalue weighted by atomic mass is 32.1. The fraction of sp³-hybridized carbons (Fsp3) is 0.143. The number of carbonyl (C=O) groups is 1.